The highest BCUT2D eigenvalue weighted by Crippen LogP contribution is 2.36. The second-order valence-electron chi connectivity index (χ2n) is 5.61. The molecule has 0 unspecified atom stereocenters. The highest BCUT2D eigenvalue weighted by Gasteiger charge is 2.28. The van der Waals surface area contributed by atoms with E-state index in [4.69, 9.17) is 23.7 Å². The fraction of sp³-hybridized carbons (Fsp3) is 0.200. The van der Waals surface area contributed by atoms with Crippen LogP contribution in [-0.2, 0) is 9.53 Å². The van der Waals surface area contributed by atoms with E-state index in [-0.39, 0.29) is 23.9 Å². The first-order valence-electron chi connectivity index (χ1n) is 8.05. The Kier molecular flexibility index (Phi) is 5.42. The maximum atomic E-state index is 12.6. The molecule has 0 aromatic heterocycles. The molecule has 7 heteroatoms. The highest BCUT2D eigenvalue weighted by atomic mass is 16.6. The van der Waals surface area contributed by atoms with Crippen LogP contribution in [0.3, 0.4) is 0 Å². The highest BCUT2D eigenvalue weighted by molar-refractivity contribution is 6.14. The van der Waals surface area contributed by atoms with E-state index in [1.54, 1.807) is 37.5 Å². The van der Waals surface area contributed by atoms with Crippen molar-refractivity contribution in [1.82, 2.24) is 0 Å². The average molecular weight is 370 g/mol. The average Bonchev–Trinajstić information content (AvgIpc) is 2.96. The Balaban J connectivity index is 1.88. The number of ketones is 1. The molecule has 0 spiro atoms. The van der Waals surface area contributed by atoms with E-state index in [1.807, 2.05) is 0 Å². The quantitative estimate of drug-likeness (QED) is 0.439. The number of benzene rings is 2. The van der Waals surface area contributed by atoms with Gasteiger partial charge in [-0.25, -0.2) is 4.79 Å². The van der Waals surface area contributed by atoms with Crippen LogP contribution >= 0.6 is 0 Å². The summed E-state index contributed by atoms with van der Waals surface area (Å²) in [4.78, 5) is 24.1. The van der Waals surface area contributed by atoms with Crippen molar-refractivity contribution in [2.24, 2.45) is 0 Å². The minimum Gasteiger partial charge on any atom is -0.497 e. The zero-order valence-electron chi connectivity index (χ0n) is 15.1. The topological polar surface area (TPSA) is 80.3 Å². The van der Waals surface area contributed by atoms with Gasteiger partial charge in [0.25, 0.3) is 0 Å². The van der Waals surface area contributed by atoms with Gasteiger partial charge in [0.1, 0.15) is 29.6 Å². The first-order chi connectivity index (χ1) is 13.0. The molecule has 0 aliphatic carbocycles. The molecule has 140 valence electrons. The summed E-state index contributed by atoms with van der Waals surface area (Å²) in [6.07, 6.45) is 1.58. The number of carbonyl (C=O) groups excluding carboxylic acids is 2. The normalized spacial score (nSPS) is 13.9. The minimum atomic E-state index is -0.543. The van der Waals surface area contributed by atoms with Crippen molar-refractivity contribution in [3.63, 3.8) is 0 Å². The molecular formula is C20H18O7. The molecule has 0 radical (unpaired) electrons. The number of hydrogen-bond acceptors (Lipinski definition) is 7. The van der Waals surface area contributed by atoms with Gasteiger partial charge in [-0.1, -0.05) is 0 Å². The van der Waals surface area contributed by atoms with E-state index < -0.39 is 5.97 Å². The Labute approximate surface area is 156 Å². The van der Waals surface area contributed by atoms with E-state index in [9.17, 15) is 9.59 Å². The third-order valence-corrected chi connectivity index (χ3v) is 3.86. The molecule has 7 nitrogen and oxygen atoms in total. The van der Waals surface area contributed by atoms with Gasteiger partial charge >= 0.3 is 5.97 Å². The van der Waals surface area contributed by atoms with Gasteiger partial charge < -0.3 is 23.7 Å². The van der Waals surface area contributed by atoms with Crippen molar-refractivity contribution in [2.45, 2.75) is 0 Å². The van der Waals surface area contributed by atoms with Crippen LogP contribution in [0.25, 0.3) is 6.08 Å². The molecule has 0 amide bonds. The summed E-state index contributed by atoms with van der Waals surface area (Å²) in [5.41, 5.74) is 1.02. The van der Waals surface area contributed by atoms with E-state index in [2.05, 4.69) is 0 Å². The Morgan fingerprint density at radius 3 is 2.52 bits per heavy atom. The van der Waals surface area contributed by atoms with Gasteiger partial charge in [-0.05, 0) is 36.4 Å². The second kappa shape index (κ2) is 7.92. The Bertz CT molecular complexity index is 915. The molecule has 0 N–H and O–H groups in total. The number of methoxy groups -OCH3 is 3. The molecule has 0 saturated heterocycles. The molecule has 0 saturated carbocycles. The summed E-state index contributed by atoms with van der Waals surface area (Å²) in [5.74, 6) is 1.10. The molecule has 27 heavy (non-hydrogen) atoms. The van der Waals surface area contributed by atoms with Gasteiger partial charge in [0.05, 0.1) is 19.8 Å². The van der Waals surface area contributed by atoms with E-state index in [0.29, 0.717) is 28.4 Å². The number of ether oxygens (including phenoxy) is 5. The summed E-state index contributed by atoms with van der Waals surface area (Å²) < 4.78 is 26.0. The third kappa shape index (κ3) is 3.93. The SMILES string of the molecule is COCC(=O)Oc1ccc2c(c1)O/C(=C\c1cc(OC)ccc1OC)C2=O. The molecule has 1 aliphatic rings. The maximum Gasteiger partial charge on any atom is 0.337 e. The van der Waals surface area contributed by atoms with Crippen molar-refractivity contribution >= 4 is 17.8 Å². The number of carbonyl (C=O) groups is 2. The van der Waals surface area contributed by atoms with Crippen LogP contribution < -0.4 is 18.9 Å². The number of esters is 1. The summed E-state index contributed by atoms with van der Waals surface area (Å²) in [6, 6.07) is 9.81. The van der Waals surface area contributed by atoms with E-state index >= 15 is 0 Å². The number of allylic oxidation sites excluding steroid dienone is 1. The van der Waals surface area contributed by atoms with Crippen molar-refractivity contribution in [3.8, 4) is 23.0 Å². The number of Topliss-reactive ketones (excluding diaryl/α,β-unsaturated/α-hetero) is 1. The molecule has 0 bridgehead atoms. The van der Waals surface area contributed by atoms with Gasteiger partial charge in [-0.2, -0.15) is 0 Å². The molecule has 0 fully saturated rings. The smallest absolute Gasteiger partial charge is 0.337 e. The van der Waals surface area contributed by atoms with Crippen LogP contribution in [0.4, 0.5) is 0 Å². The first kappa shape index (κ1) is 18.5. The predicted octanol–water partition coefficient (Wildman–Crippen LogP) is 2.87. The molecule has 0 atom stereocenters. The zero-order valence-corrected chi connectivity index (χ0v) is 15.1. The lowest BCUT2D eigenvalue weighted by Gasteiger charge is -2.08. The fourth-order valence-electron chi connectivity index (χ4n) is 2.60. The van der Waals surface area contributed by atoms with Crippen LogP contribution in [-0.4, -0.2) is 39.7 Å². The van der Waals surface area contributed by atoms with Crippen molar-refractivity contribution in [1.29, 1.82) is 0 Å². The van der Waals surface area contributed by atoms with Crippen LogP contribution in [0.5, 0.6) is 23.0 Å². The largest absolute Gasteiger partial charge is 0.497 e. The molecule has 2 aromatic rings. The van der Waals surface area contributed by atoms with Gasteiger partial charge in [-0.3, -0.25) is 4.79 Å². The van der Waals surface area contributed by atoms with Gasteiger partial charge in [-0.15, -0.1) is 0 Å². The molecule has 3 rings (SSSR count). The summed E-state index contributed by atoms with van der Waals surface area (Å²) in [7, 11) is 4.49. The van der Waals surface area contributed by atoms with Gasteiger partial charge in [0.15, 0.2) is 5.76 Å². The lowest BCUT2D eigenvalue weighted by atomic mass is 10.1. The molecule has 1 heterocycles. The van der Waals surface area contributed by atoms with Crippen LogP contribution in [0, 0.1) is 0 Å². The van der Waals surface area contributed by atoms with Crippen molar-refractivity contribution < 1.29 is 33.3 Å². The third-order valence-electron chi connectivity index (χ3n) is 3.86. The lowest BCUT2D eigenvalue weighted by molar-refractivity contribution is -0.138. The Morgan fingerprint density at radius 2 is 1.81 bits per heavy atom. The summed E-state index contributed by atoms with van der Waals surface area (Å²) in [6.45, 7) is -0.169. The predicted molar refractivity (Wildman–Crippen MR) is 96.4 cm³/mol. The van der Waals surface area contributed by atoms with E-state index in [1.165, 1.54) is 26.4 Å². The monoisotopic (exact) mass is 370 g/mol. The van der Waals surface area contributed by atoms with E-state index in [0.717, 1.165) is 0 Å². The zero-order chi connectivity index (χ0) is 19.4. The van der Waals surface area contributed by atoms with Crippen LogP contribution in [0.1, 0.15) is 15.9 Å². The second-order valence-corrected chi connectivity index (χ2v) is 5.61. The first-order valence-corrected chi connectivity index (χ1v) is 8.05. The molecule has 2 aromatic carbocycles. The molecular weight excluding hydrogens is 352 g/mol. The number of hydrogen-bond donors (Lipinski definition) is 0. The number of rotatable bonds is 6. The molecule has 1 aliphatic heterocycles. The fourth-order valence-corrected chi connectivity index (χ4v) is 2.60. The maximum absolute atomic E-state index is 12.6. The standard InChI is InChI=1S/C20H18O7/c1-23-11-19(21)26-14-4-6-15-17(10-14)27-18(20(15)22)9-12-8-13(24-2)5-7-16(12)25-3/h4-10H,11H2,1-3H3/b18-9-. The van der Waals surface area contributed by atoms with Crippen molar-refractivity contribution in [3.05, 3.63) is 53.3 Å². The van der Waals surface area contributed by atoms with Crippen LogP contribution in [0.2, 0.25) is 0 Å². The number of fused-ring (bicyclic) bond motifs is 1. The van der Waals surface area contributed by atoms with Gasteiger partial charge in [0, 0.05) is 18.7 Å². The summed E-state index contributed by atoms with van der Waals surface area (Å²) in [5, 5.41) is 0. The minimum absolute atomic E-state index is 0.136. The Morgan fingerprint density at radius 1 is 1.04 bits per heavy atom. The lowest BCUT2D eigenvalue weighted by Crippen LogP contribution is -2.14. The van der Waals surface area contributed by atoms with Crippen LogP contribution in [0.15, 0.2) is 42.2 Å². The van der Waals surface area contributed by atoms with Gasteiger partial charge in [0.2, 0.25) is 5.78 Å². The van der Waals surface area contributed by atoms with Crippen molar-refractivity contribution in [2.75, 3.05) is 27.9 Å². The summed E-state index contributed by atoms with van der Waals surface area (Å²) >= 11 is 0. The Hall–Kier alpha value is -3.32.